The van der Waals surface area contributed by atoms with Gasteiger partial charge in [-0.1, -0.05) is 137 Å². The number of aromatic hydroxyl groups is 2. The number of rotatable bonds is 23. The van der Waals surface area contributed by atoms with Crippen LogP contribution >= 0.6 is 11.8 Å². The lowest BCUT2D eigenvalue weighted by Crippen LogP contribution is -2.62. The van der Waals surface area contributed by atoms with Crippen molar-refractivity contribution in [2.24, 2.45) is 11.7 Å². The summed E-state index contributed by atoms with van der Waals surface area (Å²) in [4.78, 5) is 259. The zero-order valence-corrected chi connectivity index (χ0v) is 77.2. The summed E-state index contributed by atoms with van der Waals surface area (Å²) in [6.45, 7) is 2.68. The van der Waals surface area contributed by atoms with Crippen LogP contribution in [-0.4, -0.2) is 304 Å². The molecule has 0 radical (unpaired) electrons. The minimum Gasteiger partial charge on any atom is -0.508 e. The van der Waals surface area contributed by atoms with E-state index in [1.54, 1.807) is 91.9 Å². The monoisotopic (exact) mass is 1930 g/mol. The predicted molar refractivity (Wildman–Crippen MR) is 492 cm³/mol. The first-order chi connectivity index (χ1) is 65.6. The molecule has 0 unspecified atom stereocenters. The maximum Gasteiger partial charge on any atom is 0.305 e. The topological polar surface area (TPSA) is 578 Å². The van der Waals surface area contributed by atoms with Crippen LogP contribution in [0.3, 0.4) is 0 Å². The number of likely N-dealkylation sites (N-methyl/N-ethyl adjacent to an activating group) is 3. The number of fused-ring (bicyclic) bond motifs is 3. The molecule has 738 valence electrons. The number of aliphatic hydroxyl groups excluding tert-OH is 2. The van der Waals surface area contributed by atoms with Crippen LogP contribution in [0, 0.1) is 23.4 Å². The number of hydrogen-bond donors (Lipinski definition) is 17. The number of carboxylic acid groups (broad SMARTS) is 2. The van der Waals surface area contributed by atoms with E-state index in [0.717, 1.165) is 31.5 Å². The van der Waals surface area contributed by atoms with Crippen molar-refractivity contribution >= 4 is 123 Å². The van der Waals surface area contributed by atoms with Gasteiger partial charge in [-0.2, -0.15) is 0 Å². The average Bonchev–Trinajstić information content (AvgIpc) is 1.62. The standard InChI is InChI=1S/C95H113F3N16O23S/c1-7-8-23-72-94(136)114-47-60(118)41-75(114)90(132)106-68(43-80(123)124)87(129)109-82(50(2)3)95(137)111(5)73(37-51-17-11-9-12-18-51)88(130)107-70(35-54-26-30-58(116)31-27-54)92(134)113-46-59(117)40-74(113)89(131)105-66(39-56-44-100-64-22-16-15-21-61(56)64)85(127)103-65(34-53-24-28-57(115)29-25-53)84(126)104-67(42-79(121)122)86(128)108-71(83(125)101-45-77(99)119)48-138-49-78(120)102-69(36-55-32-62(96)81(98)63(97)33-55)91(133)112(6)76(93(135)110(72)4)38-52-19-13-10-14-20-52/h9-22,24-33,44,50,59-60,65-76,82,100,115-118H,7-8,23,34-43,45-49H2,1-6H3,(H2,99,119)(H,101,125)(H,102,120)(H,103,127)(H,104,126)(H,105,131)(H,106,132)(H,107,130)(H,108,128)(H,109,129)(H,121,122)(H,123,124)/t59-,60-,65+,66+,67-,68+,69-,70+,71+,72+,73-,74-,75-,76+,82+/m1/s1. The largest absolute Gasteiger partial charge is 0.508 e. The van der Waals surface area contributed by atoms with Gasteiger partial charge < -0.3 is 114 Å². The van der Waals surface area contributed by atoms with Gasteiger partial charge in [-0.25, -0.2) is 13.2 Å². The number of benzene rings is 6. The smallest absolute Gasteiger partial charge is 0.305 e. The van der Waals surface area contributed by atoms with E-state index in [-0.39, 0.29) is 42.7 Å². The van der Waals surface area contributed by atoms with Crippen LogP contribution in [0.4, 0.5) is 13.2 Å². The Bertz CT molecular complexity index is 5590. The molecule has 1 aromatic heterocycles. The number of thioether (sulfide) groups is 1. The SMILES string of the molecule is CCCC[C@H]1C(=O)N2C[C@H](O)C[C@@H]2C(=O)N[C@@H](CC(=O)O)C(=O)N[C@@H](C(C)C)C(=O)N(C)[C@H](Cc2ccccc2)C(=O)N[C@@H](Cc2ccc(O)cc2)C(=O)N2C[C@H](O)C[C@@H]2C(=O)N[C@@H](Cc2c[nH]c3ccccc23)C(=O)N[C@@H](Cc2ccc(O)cc2)C(=O)N[C@H](CC(=O)O)C(=O)N[C@H](C(=O)NCC(N)=O)CSCC(=O)N[C@H](Cc2cc(F)c(F)c(F)c2)C(=O)N(C)[C@@H](Cc2ccccc2)C(=O)N1C. The summed E-state index contributed by atoms with van der Waals surface area (Å²) < 4.78 is 45.1. The molecule has 3 aliphatic rings. The van der Waals surface area contributed by atoms with Crippen LogP contribution in [0.15, 0.2) is 152 Å². The fourth-order valence-corrected chi connectivity index (χ4v) is 17.5. The summed E-state index contributed by atoms with van der Waals surface area (Å²) in [5.41, 5.74) is 7.22. The van der Waals surface area contributed by atoms with E-state index in [4.69, 9.17) is 5.73 Å². The summed E-state index contributed by atoms with van der Waals surface area (Å²) >= 11 is 0.533. The van der Waals surface area contributed by atoms with Crippen molar-refractivity contribution in [3.05, 3.63) is 203 Å². The van der Waals surface area contributed by atoms with Crippen LogP contribution in [-0.2, 0) is 120 Å². The van der Waals surface area contributed by atoms with Crippen LogP contribution in [0.1, 0.15) is 99.1 Å². The second kappa shape index (κ2) is 48.8. The third kappa shape index (κ3) is 28.6. The summed E-state index contributed by atoms with van der Waals surface area (Å²) in [5.74, 6) is -28.7. The first-order valence-corrected chi connectivity index (χ1v) is 45.8. The number of carbonyl (C=O) groups excluding carboxylic acids is 15. The fraction of sp³-hybridized carbons (Fsp3) is 0.421. The van der Waals surface area contributed by atoms with Gasteiger partial charge in [0.2, 0.25) is 88.6 Å². The number of aliphatic hydroxyl groups is 2. The fourth-order valence-electron chi connectivity index (χ4n) is 16.7. The second-order valence-corrected chi connectivity index (χ2v) is 35.7. The third-order valence-electron chi connectivity index (χ3n) is 24.1. The number of para-hydroxylation sites is 1. The van der Waals surface area contributed by atoms with Gasteiger partial charge in [-0.3, -0.25) is 81.5 Å². The zero-order valence-electron chi connectivity index (χ0n) is 76.4. The number of nitrogens with one attached hydrogen (secondary N) is 10. The van der Waals surface area contributed by atoms with E-state index < -0.39 is 303 Å². The molecule has 15 amide bonds. The highest BCUT2D eigenvalue weighted by atomic mass is 32.2. The molecule has 7 aromatic rings. The minimum absolute atomic E-state index is 0.165. The number of halogens is 3. The Labute approximate surface area is 795 Å². The van der Waals surface area contributed by atoms with E-state index in [2.05, 4.69) is 52.8 Å². The van der Waals surface area contributed by atoms with Crippen LogP contribution in [0.5, 0.6) is 11.5 Å². The first kappa shape index (κ1) is 106. The Morgan fingerprint density at radius 3 is 1.46 bits per heavy atom. The number of aliphatic carboxylic acids is 2. The molecule has 138 heavy (non-hydrogen) atoms. The van der Waals surface area contributed by atoms with E-state index in [0.29, 0.717) is 63.5 Å². The Balaban J connectivity index is 1.07. The lowest BCUT2D eigenvalue weighted by Gasteiger charge is -2.38. The quantitative estimate of drug-likeness (QED) is 0.0380. The van der Waals surface area contributed by atoms with Crippen LogP contribution in [0.2, 0.25) is 0 Å². The highest BCUT2D eigenvalue weighted by Gasteiger charge is 2.49. The molecular weight excluding hydrogens is 1820 g/mol. The molecule has 43 heteroatoms. The highest BCUT2D eigenvalue weighted by molar-refractivity contribution is 8.00. The lowest BCUT2D eigenvalue weighted by molar-refractivity contribution is -0.152. The molecule has 4 heterocycles. The lowest BCUT2D eigenvalue weighted by atomic mass is 9.98. The summed E-state index contributed by atoms with van der Waals surface area (Å²) in [6, 6.07) is 10.9. The van der Waals surface area contributed by atoms with Gasteiger partial charge in [0.1, 0.15) is 90.0 Å². The average molecular weight is 1940 g/mol. The second-order valence-electron chi connectivity index (χ2n) is 34.7. The van der Waals surface area contributed by atoms with Crippen molar-refractivity contribution in [2.75, 3.05) is 52.3 Å². The number of carboxylic acids is 2. The Kier molecular flexibility index (Phi) is 37.3. The van der Waals surface area contributed by atoms with Gasteiger partial charge in [0, 0.05) is 108 Å². The molecule has 6 aromatic carbocycles. The molecule has 10 rings (SSSR count). The maximum atomic E-state index is 15.8. The van der Waals surface area contributed by atoms with Crippen molar-refractivity contribution in [2.45, 2.75) is 195 Å². The van der Waals surface area contributed by atoms with Gasteiger partial charge in [0.25, 0.3) is 0 Å². The van der Waals surface area contributed by atoms with Crippen molar-refractivity contribution in [3.8, 4) is 11.5 Å². The zero-order chi connectivity index (χ0) is 101. The molecule has 15 atom stereocenters. The molecule has 18 N–H and O–H groups in total. The normalized spacial score (nSPS) is 24.2. The van der Waals surface area contributed by atoms with Crippen molar-refractivity contribution < 1.29 is 125 Å². The molecule has 0 bridgehead atoms. The molecular formula is C95H113F3N16O23S. The van der Waals surface area contributed by atoms with Crippen LogP contribution < -0.4 is 53.6 Å². The predicted octanol–water partition coefficient (Wildman–Crippen LogP) is 0.179. The number of amides is 15. The van der Waals surface area contributed by atoms with E-state index in [1.165, 1.54) is 82.7 Å². The van der Waals surface area contributed by atoms with E-state index in [9.17, 15) is 73.4 Å². The summed E-state index contributed by atoms with van der Waals surface area (Å²) in [5, 5.41) is 87.5. The van der Waals surface area contributed by atoms with E-state index in [1.807, 2.05) is 0 Å². The number of hydrogen-bond acceptors (Lipinski definition) is 22. The summed E-state index contributed by atoms with van der Waals surface area (Å²) in [7, 11) is 3.54. The van der Waals surface area contributed by atoms with Crippen molar-refractivity contribution in [1.29, 1.82) is 0 Å². The molecule has 0 aliphatic carbocycles. The van der Waals surface area contributed by atoms with Gasteiger partial charge >= 0.3 is 11.9 Å². The molecule has 3 fully saturated rings. The number of aromatic amines is 1. The molecule has 0 saturated carbocycles. The number of carbonyl (C=O) groups is 17. The minimum atomic E-state index is -2.20. The number of nitrogens with zero attached hydrogens (tertiary/aromatic N) is 5. The number of unbranched alkanes of at least 4 members (excludes halogenated alkanes) is 1. The molecule has 3 saturated heterocycles. The van der Waals surface area contributed by atoms with Crippen molar-refractivity contribution in [3.63, 3.8) is 0 Å². The molecule has 3 aliphatic heterocycles. The highest BCUT2D eigenvalue weighted by Crippen LogP contribution is 2.29. The van der Waals surface area contributed by atoms with Crippen LogP contribution in [0.25, 0.3) is 10.9 Å². The van der Waals surface area contributed by atoms with Gasteiger partial charge in [0.05, 0.1) is 37.3 Å². The van der Waals surface area contributed by atoms with Crippen molar-refractivity contribution in [1.82, 2.24) is 77.3 Å². The number of phenols is 2. The Hall–Kier alpha value is -14.5. The van der Waals surface area contributed by atoms with E-state index >= 15 is 51.9 Å². The maximum absolute atomic E-state index is 15.8. The van der Waals surface area contributed by atoms with Gasteiger partial charge in [0.15, 0.2) is 17.5 Å². The first-order valence-electron chi connectivity index (χ1n) is 44.6. The molecule has 39 nitrogen and oxygen atoms in total. The number of primary amides is 1. The third-order valence-corrected chi connectivity index (χ3v) is 25.1. The van der Waals surface area contributed by atoms with Gasteiger partial charge in [-0.15, -0.1) is 11.8 Å². The summed E-state index contributed by atoms with van der Waals surface area (Å²) in [6.07, 6.45) is -7.42. The Morgan fingerprint density at radius 1 is 0.478 bits per heavy atom. The Morgan fingerprint density at radius 2 is 0.920 bits per heavy atom. The number of nitrogens with two attached hydrogens (primary N) is 1. The number of phenolic OH excluding ortho intramolecular Hbond substituents is 2. The molecule has 0 spiro atoms. The van der Waals surface area contributed by atoms with Gasteiger partial charge in [-0.05, 0) is 88.2 Å². The number of aromatic nitrogens is 1. The number of H-pyrrole nitrogens is 1.